The SMILES string of the molecule is c1ccc2c(c1)Cc1ccc3c(c1-2)Cc1cccc2c4c5c(ccc4n-3c12)Cc1ccccc1-5. The molecule has 34 heavy (non-hydrogen) atoms. The van der Waals surface area contributed by atoms with Crippen molar-refractivity contribution in [3.63, 3.8) is 0 Å². The summed E-state index contributed by atoms with van der Waals surface area (Å²) in [7, 11) is 0. The van der Waals surface area contributed by atoms with Gasteiger partial charge in [0.25, 0.3) is 0 Å². The summed E-state index contributed by atoms with van der Waals surface area (Å²) < 4.78 is 2.57. The van der Waals surface area contributed by atoms with E-state index in [1.165, 1.54) is 83.1 Å². The van der Waals surface area contributed by atoms with Crippen LogP contribution in [-0.2, 0) is 19.3 Å². The van der Waals surface area contributed by atoms with Crippen LogP contribution in [0.1, 0.15) is 33.4 Å². The van der Waals surface area contributed by atoms with E-state index in [4.69, 9.17) is 0 Å². The van der Waals surface area contributed by atoms with Crippen molar-refractivity contribution >= 4 is 21.8 Å². The fourth-order valence-electron chi connectivity index (χ4n) is 7.11. The van der Waals surface area contributed by atoms with Gasteiger partial charge in [0.1, 0.15) is 0 Å². The highest BCUT2D eigenvalue weighted by molar-refractivity contribution is 6.18. The fraction of sp³-hybridized carbons (Fsp3) is 0.0909. The Kier molecular flexibility index (Phi) is 3.00. The third kappa shape index (κ3) is 1.94. The third-order valence-corrected chi connectivity index (χ3v) is 8.44. The molecular formula is C33H21N. The second-order valence-corrected chi connectivity index (χ2v) is 10.1. The number of nitrogens with zero attached hydrogens (tertiary/aromatic N) is 1. The molecule has 0 saturated heterocycles. The summed E-state index contributed by atoms with van der Waals surface area (Å²) in [6, 6.07) is 34.4. The summed E-state index contributed by atoms with van der Waals surface area (Å²) in [5, 5.41) is 2.82. The first-order valence-corrected chi connectivity index (χ1v) is 12.3. The number of hydrogen-bond donors (Lipinski definition) is 0. The molecule has 1 aromatic heterocycles. The van der Waals surface area contributed by atoms with Crippen molar-refractivity contribution in [2.75, 3.05) is 0 Å². The maximum Gasteiger partial charge on any atom is 0.0576 e. The van der Waals surface area contributed by atoms with Crippen molar-refractivity contribution in [1.82, 2.24) is 4.57 Å². The molecule has 2 heterocycles. The van der Waals surface area contributed by atoms with E-state index in [0.717, 1.165) is 19.3 Å². The molecular weight excluding hydrogens is 410 g/mol. The molecule has 0 N–H and O–H groups in total. The monoisotopic (exact) mass is 431 g/mol. The van der Waals surface area contributed by atoms with Crippen molar-refractivity contribution in [1.29, 1.82) is 0 Å². The number of para-hydroxylation sites is 1. The average Bonchev–Trinajstić information content (AvgIpc) is 3.54. The summed E-state index contributed by atoms with van der Waals surface area (Å²) in [6.07, 6.45) is 3.08. The molecule has 0 saturated carbocycles. The van der Waals surface area contributed by atoms with Crippen LogP contribution >= 0.6 is 0 Å². The average molecular weight is 432 g/mol. The van der Waals surface area contributed by atoms with Crippen LogP contribution in [0.3, 0.4) is 0 Å². The smallest absolute Gasteiger partial charge is 0.0576 e. The minimum absolute atomic E-state index is 0.999. The Labute approximate surface area is 197 Å². The van der Waals surface area contributed by atoms with Crippen LogP contribution in [0.2, 0.25) is 0 Å². The molecule has 0 fully saturated rings. The van der Waals surface area contributed by atoms with E-state index in [2.05, 4.69) is 95.6 Å². The van der Waals surface area contributed by atoms with Gasteiger partial charge in [-0.25, -0.2) is 0 Å². The second kappa shape index (κ2) is 5.87. The van der Waals surface area contributed by atoms with Crippen LogP contribution in [0.4, 0.5) is 0 Å². The molecule has 1 heteroatoms. The second-order valence-electron chi connectivity index (χ2n) is 10.1. The van der Waals surface area contributed by atoms with Crippen molar-refractivity contribution in [2.24, 2.45) is 0 Å². The van der Waals surface area contributed by atoms with Gasteiger partial charge in [-0.2, -0.15) is 0 Å². The maximum atomic E-state index is 2.57. The summed E-state index contributed by atoms with van der Waals surface area (Å²) in [4.78, 5) is 0. The lowest BCUT2D eigenvalue weighted by atomic mass is 9.90. The van der Waals surface area contributed by atoms with Crippen molar-refractivity contribution in [2.45, 2.75) is 19.3 Å². The number of benzene rings is 5. The molecule has 0 radical (unpaired) electrons. The van der Waals surface area contributed by atoms with Crippen molar-refractivity contribution in [3.05, 3.63) is 124 Å². The zero-order valence-electron chi connectivity index (χ0n) is 18.7. The van der Waals surface area contributed by atoms with Gasteiger partial charge >= 0.3 is 0 Å². The fourth-order valence-corrected chi connectivity index (χ4v) is 7.11. The van der Waals surface area contributed by atoms with Gasteiger partial charge in [0, 0.05) is 17.2 Å². The van der Waals surface area contributed by atoms with Crippen LogP contribution < -0.4 is 0 Å². The van der Waals surface area contributed by atoms with Crippen LogP contribution in [0.15, 0.2) is 91.0 Å². The Hall–Kier alpha value is -4.10. The molecule has 0 atom stereocenters. The largest absolute Gasteiger partial charge is 0.309 e. The lowest BCUT2D eigenvalue weighted by Crippen LogP contribution is -2.09. The van der Waals surface area contributed by atoms with Crippen molar-refractivity contribution < 1.29 is 0 Å². The zero-order valence-corrected chi connectivity index (χ0v) is 18.7. The molecule has 2 aliphatic carbocycles. The Balaban J connectivity index is 1.44. The first-order chi connectivity index (χ1) is 16.9. The minimum Gasteiger partial charge on any atom is -0.309 e. The van der Waals surface area contributed by atoms with E-state index in [-0.39, 0.29) is 0 Å². The highest BCUT2D eigenvalue weighted by Crippen LogP contribution is 2.50. The molecule has 0 amide bonds. The predicted octanol–water partition coefficient (Wildman–Crippen LogP) is 7.83. The predicted molar refractivity (Wildman–Crippen MR) is 140 cm³/mol. The van der Waals surface area contributed by atoms with Crippen molar-refractivity contribution in [3.8, 4) is 27.9 Å². The first-order valence-electron chi connectivity index (χ1n) is 12.3. The van der Waals surface area contributed by atoms with Crippen LogP contribution in [0.5, 0.6) is 0 Å². The highest BCUT2D eigenvalue weighted by atomic mass is 15.0. The van der Waals surface area contributed by atoms with Gasteiger partial charge in [-0.15, -0.1) is 0 Å². The van der Waals surface area contributed by atoms with Gasteiger partial charge in [0.05, 0.1) is 16.7 Å². The van der Waals surface area contributed by atoms with Gasteiger partial charge < -0.3 is 4.57 Å². The lowest BCUT2D eigenvalue weighted by Gasteiger charge is -2.23. The molecule has 1 nitrogen and oxygen atoms in total. The summed E-state index contributed by atoms with van der Waals surface area (Å²) >= 11 is 0. The van der Waals surface area contributed by atoms with Gasteiger partial charge in [-0.3, -0.25) is 0 Å². The highest BCUT2D eigenvalue weighted by Gasteiger charge is 2.31. The molecule has 5 aromatic carbocycles. The van der Waals surface area contributed by atoms with E-state index in [9.17, 15) is 0 Å². The summed E-state index contributed by atoms with van der Waals surface area (Å²) in [5.41, 5.74) is 18.6. The zero-order chi connectivity index (χ0) is 22.0. The Morgan fingerprint density at radius 2 is 1.18 bits per heavy atom. The molecule has 9 rings (SSSR count). The van der Waals surface area contributed by atoms with Crippen LogP contribution in [0.25, 0.3) is 49.7 Å². The van der Waals surface area contributed by atoms with E-state index >= 15 is 0 Å². The number of hydrogen-bond acceptors (Lipinski definition) is 0. The molecule has 0 unspecified atom stereocenters. The standard InChI is InChI=1S/C33H21N/c1-3-9-24-19(6-1)16-21-12-14-28-27(30(21)24)18-23-8-5-11-26-32-29(34(28)33(23)26)15-13-22-17-20-7-2-4-10-25(20)31(22)32/h1-15H,16-18H2. The molecule has 0 bridgehead atoms. The molecule has 0 spiro atoms. The minimum atomic E-state index is 0.999. The first kappa shape index (κ1) is 17.4. The topological polar surface area (TPSA) is 4.93 Å². The third-order valence-electron chi connectivity index (χ3n) is 8.44. The number of fused-ring (bicyclic) bond motifs is 13. The molecule has 3 aliphatic rings. The van der Waals surface area contributed by atoms with Gasteiger partial charge in [0.2, 0.25) is 0 Å². The van der Waals surface area contributed by atoms with Gasteiger partial charge in [-0.1, -0.05) is 78.9 Å². The molecule has 1 aliphatic heterocycles. The Bertz CT molecular complexity index is 1880. The summed E-state index contributed by atoms with van der Waals surface area (Å²) in [6.45, 7) is 0. The normalized spacial score (nSPS) is 14.1. The molecule has 6 aromatic rings. The van der Waals surface area contributed by atoms with Crippen LogP contribution in [-0.4, -0.2) is 4.57 Å². The van der Waals surface area contributed by atoms with E-state index < -0.39 is 0 Å². The molecule has 158 valence electrons. The Morgan fingerprint density at radius 3 is 2.00 bits per heavy atom. The van der Waals surface area contributed by atoms with Crippen LogP contribution in [0, 0.1) is 0 Å². The Morgan fingerprint density at radius 1 is 0.500 bits per heavy atom. The number of aromatic nitrogens is 1. The van der Waals surface area contributed by atoms with E-state index in [1.54, 1.807) is 0 Å². The van der Waals surface area contributed by atoms with Gasteiger partial charge in [-0.05, 0) is 80.6 Å². The quantitative estimate of drug-likeness (QED) is 0.231. The van der Waals surface area contributed by atoms with E-state index in [0.29, 0.717) is 0 Å². The maximum absolute atomic E-state index is 2.57. The summed E-state index contributed by atoms with van der Waals surface area (Å²) in [5.74, 6) is 0. The number of rotatable bonds is 0. The lowest BCUT2D eigenvalue weighted by molar-refractivity contribution is 1.04. The van der Waals surface area contributed by atoms with E-state index in [1.807, 2.05) is 0 Å². The van der Waals surface area contributed by atoms with Gasteiger partial charge in [0.15, 0.2) is 0 Å².